The summed E-state index contributed by atoms with van der Waals surface area (Å²) in [6.07, 6.45) is 0. The molecule has 0 amide bonds. The van der Waals surface area contributed by atoms with E-state index in [9.17, 15) is 8.42 Å². The van der Waals surface area contributed by atoms with Gasteiger partial charge in [-0.05, 0) is 6.92 Å². The molecular weight excluding hydrogens is 371 g/mol. The molecule has 0 aliphatic rings. The highest BCUT2D eigenvalue weighted by Gasteiger charge is 2.04. The topological polar surface area (TPSA) is 91.8 Å². The number of nitrogens with zero attached hydrogens (tertiary/aromatic N) is 1. The zero-order valence-corrected chi connectivity index (χ0v) is 14.2. The van der Waals surface area contributed by atoms with Crippen molar-refractivity contribution in [3.8, 4) is 0 Å². The van der Waals surface area contributed by atoms with E-state index in [2.05, 4.69) is 20.3 Å². The van der Waals surface area contributed by atoms with Gasteiger partial charge in [-0.1, -0.05) is 0 Å². The van der Waals surface area contributed by atoms with E-state index in [4.69, 9.17) is 4.74 Å². The van der Waals surface area contributed by atoms with E-state index in [1.54, 1.807) is 21.1 Å². The lowest BCUT2D eigenvalue weighted by Gasteiger charge is -2.11. The Morgan fingerprint density at radius 1 is 1.22 bits per heavy atom. The summed E-state index contributed by atoms with van der Waals surface area (Å²) in [6, 6.07) is 0. The molecule has 0 atom stereocenters. The van der Waals surface area contributed by atoms with Crippen LogP contribution in [0.15, 0.2) is 4.99 Å². The number of sulfonamides is 1. The highest BCUT2D eigenvalue weighted by atomic mass is 127. The summed E-state index contributed by atoms with van der Waals surface area (Å²) in [7, 11) is 0.158. The molecule has 18 heavy (non-hydrogen) atoms. The van der Waals surface area contributed by atoms with E-state index < -0.39 is 10.0 Å². The molecule has 0 saturated carbocycles. The number of ether oxygens (including phenoxy) is 1. The average Bonchev–Trinajstić information content (AvgIpc) is 2.32. The molecule has 3 N–H and O–H groups in total. The number of methoxy groups -OCH3 is 1. The van der Waals surface area contributed by atoms with Crippen LogP contribution in [-0.4, -0.2) is 60.5 Å². The third kappa shape index (κ3) is 11.0. The Kier molecular flexibility index (Phi) is 13.4. The normalized spacial score (nSPS) is 11.8. The molecule has 0 heterocycles. The Labute approximate surface area is 126 Å². The van der Waals surface area contributed by atoms with Gasteiger partial charge in [0.2, 0.25) is 10.0 Å². The lowest BCUT2D eigenvalue weighted by Crippen LogP contribution is -2.42. The SMILES string of the molecule is CCS(=O)(=O)NCCNC(=NC)NCCOC.I. The highest BCUT2D eigenvalue weighted by molar-refractivity contribution is 14.0. The van der Waals surface area contributed by atoms with Gasteiger partial charge in [-0.15, -0.1) is 24.0 Å². The van der Waals surface area contributed by atoms with Crippen molar-refractivity contribution in [1.82, 2.24) is 15.4 Å². The number of nitrogens with one attached hydrogen (secondary N) is 3. The molecule has 110 valence electrons. The van der Waals surface area contributed by atoms with Crippen molar-refractivity contribution in [3.05, 3.63) is 0 Å². The predicted octanol–water partition coefficient (Wildman–Crippen LogP) is -0.645. The first-order valence-corrected chi connectivity index (χ1v) is 7.11. The first-order chi connectivity index (χ1) is 8.05. The number of hydrogen-bond acceptors (Lipinski definition) is 4. The molecule has 0 radical (unpaired) electrons. The van der Waals surface area contributed by atoms with E-state index in [1.165, 1.54) is 0 Å². The molecule has 0 aromatic carbocycles. The first-order valence-electron chi connectivity index (χ1n) is 5.46. The zero-order chi connectivity index (χ0) is 13.1. The van der Waals surface area contributed by atoms with Gasteiger partial charge in [-0.3, -0.25) is 4.99 Å². The maximum absolute atomic E-state index is 11.1. The van der Waals surface area contributed by atoms with Gasteiger partial charge >= 0.3 is 0 Å². The van der Waals surface area contributed by atoms with Crippen molar-refractivity contribution >= 4 is 40.0 Å². The predicted molar refractivity (Wildman–Crippen MR) is 84.1 cm³/mol. The Hall–Kier alpha value is -0.130. The number of guanidine groups is 1. The second kappa shape index (κ2) is 11.9. The standard InChI is InChI=1S/C9H22N4O3S.HI/c1-4-17(14,15)13-6-5-11-9(10-2)12-7-8-16-3;/h13H,4-8H2,1-3H3,(H2,10,11,12);1H. The molecule has 0 spiro atoms. The maximum Gasteiger partial charge on any atom is 0.211 e. The lowest BCUT2D eigenvalue weighted by molar-refractivity contribution is 0.203. The van der Waals surface area contributed by atoms with Crippen LogP contribution in [0.1, 0.15) is 6.92 Å². The van der Waals surface area contributed by atoms with Crippen molar-refractivity contribution in [2.75, 3.05) is 46.2 Å². The van der Waals surface area contributed by atoms with Crippen molar-refractivity contribution in [2.45, 2.75) is 6.92 Å². The van der Waals surface area contributed by atoms with Crippen LogP contribution in [0.4, 0.5) is 0 Å². The molecule has 0 aromatic heterocycles. The number of halogens is 1. The molecule has 0 rings (SSSR count). The molecular formula is C9H23IN4O3S. The van der Waals surface area contributed by atoms with Gasteiger partial charge in [0.1, 0.15) is 0 Å². The van der Waals surface area contributed by atoms with Crippen LogP contribution in [0.3, 0.4) is 0 Å². The molecule has 0 aromatic rings. The molecule has 0 fully saturated rings. The van der Waals surface area contributed by atoms with Gasteiger partial charge in [0.15, 0.2) is 5.96 Å². The molecule has 9 heteroatoms. The largest absolute Gasteiger partial charge is 0.383 e. The molecule has 0 aliphatic heterocycles. The van der Waals surface area contributed by atoms with Crippen LogP contribution < -0.4 is 15.4 Å². The molecule has 7 nitrogen and oxygen atoms in total. The second-order valence-corrected chi connectivity index (χ2v) is 5.31. The fourth-order valence-electron chi connectivity index (χ4n) is 0.982. The minimum Gasteiger partial charge on any atom is -0.383 e. The van der Waals surface area contributed by atoms with Gasteiger partial charge in [0, 0.05) is 33.8 Å². The summed E-state index contributed by atoms with van der Waals surface area (Å²) < 4.78 is 29.6. The Morgan fingerprint density at radius 2 is 1.83 bits per heavy atom. The van der Waals surface area contributed by atoms with E-state index >= 15 is 0 Å². The molecule has 0 bridgehead atoms. The summed E-state index contributed by atoms with van der Waals surface area (Å²) in [5, 5.41) is 6.00. The van der Waals surface area contributed by atoms with Crippen LogP contribution in [0.5, 0.6) is 0 Å². The summed E-state index contributed by atoms with van der Waals surface area (Å²) >= 11 is 0. The number of hydrogen-bond donors (Lipinski definition) is 3. The first kappa shape index (κ1) is 20.2. The van der Waals surface area contributed by atoms with Crippen molar-refractivity contribution in [1.29, 1.82) is 0 Å². The van der Waals surface area contributed by atoms with Crippen LogP contribution in [0, 0.1) is 0 Å². The number of rotatable bonds is 8. The van der Waals surface area contributed by atoms with Crippen LogP contribution in [0.25, 0.3) is 0 Å². The van der Waals surface area contributed by atoms with Crippen molar-refractivity contribution in [3.63, 3.8) is 0 Å². The smallest absolute Gasteiger partial charge is 0.211 e. The molecule has 0 aliphatic carbocycles. The quantitative estimate of drug-likeness (QED) is 0.220. The fourth-order valence-corrected chi connectivity index (χ4v) is 1.60. The Bertz CT molecular complexity index is 322. The van der Waals surface area contributed by atoms with E-state index in [0.29, 0.717) is 32.2 Å². The van der Waals surface area contributed by atoms with Gasteiger partial charge in [-0.25, -0.2) is 13.1 Å². The van der Waals surface area contributed by atoms with Crippen molar-refractivity contribution < 1.29 is 13.2 Å². The van der Waals surface area contributed by atoms with Crippen LogP contribution in [-0.2, 0) is 14.8 Å². The summed E-state index contributed by atoms with van der Waals surface area (Å²) in [5.74, 6) is 0.714. The number of aliphatic imine (C=N–C) groups is 1. The zero-order valence-electron chi connectivity index (χ0n) is 11.0. The van der Waals surface area contributed by atoms with Crippen molar-refractivity contribution in [2.24, 2.45) is 4.99 Å². The van der Waals surface area contributed by atoms with Gasteiger partial charge in [0.25, 0.3) is 0 Å². The van der Waals surface area contributed by atoms with Crippen LogP contribution in [0.2, 0.25) is 0 Å². The van der Waals surface area contributed by atoms with Gasteiger partial charge in [-0.2, -0.15) is 0 Å². The van der Waals surface area contributed by atoms with E-state index in [1.807, 2.05) is 0 Å². The minimum absolute atomic E-state index is 0. The minimum atomic E-state index is -3.12. The van der Waals surface area contributed by atoms with Gasteiger partial charge < -0.3 is 15.4 Å². The Morgan fingerprint density at radius 3 is 2.33 bits per heavy atom. The van der Waals surface area contributed by atoms with Gasteiger partial charge in [0.05, 0.1) is 12.4 Å². The molecule has 0 saturated heterocycles. The monoisotopic (exact) mass is 394 g/mol. The molecule has 0 unspecified atom stereocenters. The lowest BCUT2D eigenvalue weighted by atomic mass is 10.6. The maximum atomic E-state index is 11.1. The Balaban J connectivity index is 0. The summed E-state index contributed by atoms with van der Waals surface area (Å²) in [6.45, 7) is 3.65. The fraction of sp³-hybridized carbons (Fsp3) is 0.889. The third-order valence-corrected chi connectivity index (χ3v) is 3.35. The second-order valence-electron chi connectivity index (χ2n) is 3.22. The highest BCUT2D eigenvalue weighted by Crippen LogP contribution is 1.79. The van der Waals surface area contributed by atoms with Crippen LogP contribution >= 0.6 is 24.0 Å². The summed E-state index contributed by atoms with van der Waals surface area (Å²) in [5.41, 5.74) is 0. The van der Waals surface area contributed by atoms with E-state index in [-0.39, 0.29) is 29.7 Å². The third-order valence-electron chi connectivity index (χ3n) is 1.94. The van der Waals surface area contributed by atoms with E-state index in [0.717, 1.165) is 0 Å². The summed E-state index contributed by atoms with van der Waals surface area (Å²) in [4.78, 5) is 3.98. The average molecular weight is 394 g/mol.